The quantitative estimate of drug-likeness (QED) is 0.616. The molecule has 1 aliphatic carbocycles. The molecule has 0 amide bonds. The number of nitrogens with one attached hydrogen (secondary N) is 1. The Bertz CT molecular complexity index is 188. The van der Waals surface area contributed by atoms with E-state index in [1.54, 1.807) is 0 Å². The van der Waals surface area contributed by atoms with Gasteiger partial charge >= 0.3 is 0 Å². The Morgan fingerprint density at radius 2 is 2.08 bits per heavy atom. The van der Waals surface area contributed by atoms with Crippen molar-refractivity contribution in [3.63, 3.8) is 0 Å². The van der Waals surface area contributed by atoms with Crippen molar-refractivity contribution in [1.82, 2.24) is 10.2 Å². The summed E-state index contributed by atoms with van der Waals surface area (Å²) in [7, 11) is 0. The molecule has 0 aromatic heterocycles. The highest BCUT2D eigenvalue weighted by Crippen LogP contribution is 2.39. The molecule has 3 atom stereocenters. The summed E-state index contributed by atoms with van der Waals surface area (Å²) in [6, 6.07) is 1.84. The van der Waals surface area contributed by atoms with Crippen LogP contribution in [0, 0.1) is 11.8 Å². The first-order valence-corrected chi connectivity index (χ1v) is 5.32. The molecular formula is C10H18N2. The van der Waals surface area contributed by atoms with Gasteiger partial charge in [-0.25, -0.2) is 0 Å². The van der Waals surface area contributed by atoms with Crippen molar-refractivity contribution in [3.8, 4) is 0 Å². The van der Waals surface area contributed by atoms with Gasteiger partial charge in [0.05, 0.1) is 0 Å². The number of hydrogen-bond acceptors (Lipinski definition) is 2. The van der Waals surface area contributed by atoms with Gasteiger partial charge in [-0.05, 0) is 44.7 Å². The number of fused-ring (bicyclic) bond motifs is 1. The van der Waals surface area contributed by atoms with Crippen molar-refractivity contribution in [2.45, 2.75) is 31.8 Å². The van der Waals surface area contributed by atoms with Crippen LogP contribution in [-0.2, 0) is 0 Å². The van der Waals surface area contributed by atoms with E-state index in [9.17, 15) is 0 Å². The third-order valence-electron chi connectivity index (χ3n) is 4.00. The van der Waals surface area contributed by atoms with Crippen molar-refractivity contribution in [2.75, 3.05) is 19.6 Å². The van der Waals surface area contributed by atoms with Crippen molar-refractivity contribution in [3.05, 3.63) is 0 Å². The molecule has 0 spiro atoms. The Morgan fingerprint density at radius 1 is 1.25 bits per heavy atom. The first kappa shape index (κ1) is 7.34. The van der Waals surface area contributed by atoms with Gasteiger partial charge in [-0.3, -0.25) is 4.90 Å². The number of nitrogens with zero attached hydrogens (tertiary/aromatic N) is 1. The minimum atomic E-state index is 0.859. The van der Waals surface area contributed by atoms with Gasteiger partial charge in [-0.15, -0.1) is 0 Å². The second kappa shape index (κ2) is 2.46. The summed E-state index contributed by atoms with van der Waals surface area (Å²) < 4.78 is 0. The summed E-state index contributed by atoms with van der Waals surface area (Å²) in [6.07, 6.45) is 2.94. The third-order valence-corrected chi connectivity index (χ3v) is 4.00. The molecule has 0 bridgehead atoms. The van der Waals surface area contributed by atoms with Crippen molar-refractivity contribution < 1.29 is 0 Å². The minimum Gasteiger partial charge on any atom is -0.316 e. The molecule has 3 fully saturated rings. The van der Waals surface area contributed by atoms with Crippen LogP contribution in [0.1, 0.15) is 19.8 Å². The first-order valence-electron chi connectivity index (χ1n) is 5.32. The molecule has 3 aliphatic rings. The van der Waals surface area contributed by atoms with Gasteiger partial charge in [0.1, 0.15) is 0 Å². The van der Waals surface area contributed by atoms with Crippen LogP contribution in [0.2, 0.25) is 0 Å². The fraction of sp³-hybridized carbons (Fsp3) is 1.00. The summed E-state index contributed by atoms with van der Waals surface area (Å²) in [6.45, 7) is 6.35. The summed E-state index contributed by atoms with van der Waals surface area (Å²) in [5, 5.41) is 3.51. The van der Waals surface area contributed by atoms with Gasteiger partial charge in [0.2, 0.25) is 0 Å². The van der Waals surface area contributed by atoms with Gasteiger partial charge in [-0.2, -0.15) is 0 Å². The van der Waals surface area contributed by atoms with Gasteiger partial charge in [0.15, 0.2) is 0 Å². The molecule has 12 heavy (non-hydrogen) atoms. The maximum absolute atomic E-state index is 3.51. The molecule has 2 nitrogen and oxygen atoms in total. The number of rotatable bonds is 1. The van der Waals surface area contributed by atoms with E-state index in [0.29, 0.717) is 0 Å². The van der Waals surface area contributed by atoms with Crippen LogP contribution in [0.3, 0.4) is 0 Å². The van der Waals surface area contributed by atoms with E-state index in [0.717, 1.165) is 23.9 Å². The molecule has 2 heterocycles. The molecule has 3 rings (SSSR count). The largest absolute Gasteiger partial charge is 0.316 e. The second-order valence-electron chi connectivity index (χ2n) is 4.75. The highest BCUT2D eigenvalue weighted by atomic mass is 15.3. The van der Waals surface area contributed by atoms with Crippen LogP contribution in [0.25, 0.3) is 0 Å². The molecule has 2 heteroatoms. The molecule has 1 N–H and O–H groups in total. The summed E-state index contributed by atoms with van der Waals surface area (Å²) >= 11 is 0. The van der Waals surface area contributed by atoms with Crippen LogP contribution < -0.4 is 5.32 Å². The SMILES string of the molecule is CC1C2CNCC2CN1C1CC1. The Kier molecular flexibility index (Phi) is 1.50. The molecule has 3 unspecified atom stereocenters. The average molecular weight is 166 g/mol. The van der Waals surface area contributed by atoms with Gasteiger partial charge < -0.3 is 5.32 Å². The molecule has 0 aromatic carbocycles. The topological polar surface area (TPSA) is 15.3 Å². The maximum atomic E-state index is 3.51. The van der Waals surface area contributed by atoms with E-state index in [1.165, 1.54) is 32.5 Å². The predicted molar refractivity (Wildman–Crippen MR) is 49.0 cm³/mol. The number of hydrogen-bond donors (Lipinski definition) is 1. The van der Waals surface area contributed by atoms with E-state index >= 15 is 0 Å². The molecule has 68 valence electrons. The van der Waals surface area contributed by atoms with E-state index < -0.39 is 0 Å². The fourth-order valence-electron chi connectivity index (χ4n) is 3.09. The second-order valence-corrected chi connectivity index (χ2v) is 4.75. The van der Waals surface area contributed by atoms with Gasteiger partial charge in [0.25, 0.3) is 0 Å². The van der Waals surface area contributed by atoms with Crippen LogP contribution in [0.4, 0.5) is 0 Å². The Morgan fingerprint density at radius 3 is 2.75 bits per heavy atom. The molecule has 2 saturated heterocycles. The lowest BCUT2D eigenvalue weighted by molar-refractivity contribution is 0.230. The van der Waals surface area contributed by atoms with Crippen LogP contribution in [-0.4, -0.2) is 36.6 Å². The standard InChI is InChI=1S/C10H18N2/c1-7-10-5-11-4-8(10)6-12(7)9-2-3-9/h7-11H,2-6H2,1H3. The summed E-state index contributed by atoms with van der Waals surface area (Å²) in [4.78, 5) is 2.76. The lowest BCUT2D eigenvalue weighted by Gasteiger charge is -2.23. The van der Waals surface area contributed by atoms with E-state index in [1.807, 2.05) is 0 Å². The minimum absolute atomic E-state index is 0.859. The maximum Gasteiger partial charge on any atom is 0.0114 e. The van der Waals surface area contributed by atoms with Crippen LogP contribution in [0.5, 0.6) is 0 Å². The van der Waals surface area contributed by atoms with E-state index in [4.69, 9.17) is 0 Å². The van der Waals surface area contributed by atoms with Crippen LogP contribution in [0.15, 0.2) is 0 Å². The van der Waals surface area contributed by atoms with E-state index in [-0.39, 0.29) is 0 Å². The zero-order chi connectivity index (χ0) is 8.13. The zero-order valence-corrected chi connectivity index (χ0v) is 7.79. The molecule has 0 aromatic rings. The van der Waals surface area contributed by atoms with Crippen molar-refractivity contribution in [2.24, 2.45) is 11.8 Å². The summed E-state index contributed by atoms with van der Waals surface area (Å²) in [5.41, 5.74) is 0. The normalized spacial score (nSPS) is 48.2. The lowest BCUT2D eigenvalue weighted by Crippen LogP contribution is -2.34. The Labute approximate surface area is 74.3 Å². The van der Waals surface area contributed by atoms with Gasteiger partial charge in [0, 0.05) is 18.6 Å². The third kappa shape index (κ3) is 0.944. The first-order chi connectivity index (χ1) is 5.86. The Hall–Kier alpha value is -0.0800. The van der Waals surface area contributed by atoms with Crippen molar-refractivity contribution >= 4 is 0 Å². The average Bonchev–Trinajstić information content (AvgIpc) is 2.71. The Balaban J connectivity index is 1.75. The zero-order valence-electron chi connectivity index (χ0n) is 7.79. The van der Waals surface area contributed by atoms with E-state index in [2.05, 4.69) is 17.1 Å². The van der Waals surface area contributed by atoms with Gasteiger partial charge in [-0.1, -0.05) is 0 Å². The molecule has 1 saturated carbocycles. The summed E-state index contributed by atoms with van der Waals surface area (Å²) in [5.74, 6) is 1.94. The van der Waals surface area contributed by atoms with Crippen LogP contribution >= 0.6 is 0 Å². The smallest absolute Gasteiger partial charge is 0.0114 e. The highest BCUT2D eigenvalue weighted by Gasteiger charge is 2.46. The molecule has 2 aliphatic heterocycles. The number of likely N-dealkylation sites (tertiary alicyclic amines) is 1. The lowest BCUT2D eigenvalue weighted by atomic mass is 9.95. The highest BCUT2D eigenvalue weighted by molar-refractivity contribution is 5.01. The van der Waals surface area contributed by atoms with Crippen molar-refractivity contribution in [1.29, 1.82) is 0 Å². The fourth-order valence-corrected chi connectivity index (χ4v) is 3.09. The molecule has 0 radical (unpaired) electrons. The molecular weight excluding hydrogens is 148 g/mol. The monoisotopic (exact) mass is 166 g/mol. The predicted octanol–water partition coefficient (Wildman–Crippen LogP) is 0.688.